The van der Waals surface area contributed by atoms with Crippen LogP contribution in [0.3, 0.4) is 0 Å². The van der Waals surface area contributed by atoms with Crippen LogP contribution in [0.5, 0.6) is 5.75 Å². The van der Waals surface area contributed by atoms with E-state index in [2.05, 4.69) is 11.4 Å². The SMILES string of the molecule is Cc1cc(=O)oc2cc(O[C@H](C)C(=O)NCCC3=CCCCC3)ccc12. The fourth-order valence-electron chi connectivity index (χ4n) is 3.26. The Labute approximate surface area is 153 Å². The van der Waals surface area contributed by atoms with Gasteiger partial charge in [0.25, 0.3) is 5.91 Å². The number of ether oxygens (including phenoxy) is 1. The largest absolute Gasteiger partial charge is 0.481 e. The van der Waals surface area contributed by atoms with Crippen molar-refractivity contribution >= 4 is 16.9 Å². The molecule has 0 spiro atoms. The Hall–Kier alpha value is -2.56. The molecule has 1 aliphatic carbocycles. The first kappa shape index (κ1) is 18.2. The molecule has 0 aliphatic heterocycles. The molecule has 1 amide bonds. The van der Waals surface area contributed by atoms with Crippen molar-refractivity contribution < 1.29 is 13.9 Å². The van der Waals surface area contributed by atoms with Crippen LogP contribution < -0.4 is 15.7 Å². The molecule has 0 bridgehead atoms. The van der Waals surface area contributed by atoms with Crippen molar-refractivity contribution in [1.29, 1.82) is 0 Å². The number of benzene rings is 1. The van der Waals surface area contributed by atoms with Crippen molar-refractivity contribution in [3.05, 3.63) is 51.9 Å². The van der Waals surface area contributed by atoms with Crippen LogP contribution in [0.2, 0.25) is 0 Å². The number of nitrogens with one attached hydrogen (secondary N) is 1. The van der Waals surface area contributed by atoms with Gasteiger partial charge in [-0.15, -0.1) is 0 Å². The van der Waals surface area contributed by atoms with E-state index in [1.165, 1.54) is 24.5 Å². The van der Waals surface area contributed by atoms with E-state index in [9.17, 15) is 9.59 Å². The van der Waals surface area contributed by atoms with Gasteiger partial charge in [-0.1, -0.05) is 11.6 Å². The summed E-state index contributed by atoms with van der Waals surface area (Å²) in [6, 6.07) is 6.73. The molecule has 1 aromatic heterocycles. The molecule has 0 radical (unpaired) electrons. The summed E-state index contributed by atoms with van der Waals surface area (Å²) in [6.45, 7) is 4.20. The molecule has 0 unspecified atom stereocenters. The third kappa shape index (κ3) is 4.54. The lowest BCUT2D eigenvalue weighted by Gasteiger charge is -2.16. The standard InChI is InChI=1S/C21H25NO4/c1-14-12-20(23)26-19-13-17(8-9-18(14)19)25-15(2)21(24)22-11-10-16-6-4-3-5-7-16/h6,8-9,12-13,15H,3-5,7,10-11H2,1-2H3,(H,22,24)/t15-/m1/s1. The third-order valence-corrected chi connectivity index (χ3v) is 4.74. The van der Waals surface area contributed by atoms with Crippen LogP contribution in [0, 0.1) is 6.92 Å². The highest BCUT2D eigenvalue weighted by molar-refractivity contribution is 5.82. The number of amides is 1. The van der Waals surface area contributed by atoms with Crippen molar-refractivity contribution in [3.63, 3.8) is 0 Å². The molecule has 1 aliphatic rings. The number of rotatable bonds is 6. The first-order chi connectivity index (χ1) is 12.5. The maximum absolute atomic E-state index is 12.2. The van der Waals surface area contributed by atoms with E-state index in [1.54, 1.807) is 19.1 Å². The van der Waals surface area contributed by atoms with Crippen LogP contribution in [0.4, 0.5) is 0 Å². The van der Waals surface area contributed by atoms with Gasteiger partial charge in [-0.2, -0.15) is 0 Å². The zero-order valence-corrected chi connectivity index (χ0v) is 15.3. The molecule has 26 heavy (non-hydrogen) atoms. The topological polar surface area (TPSA) is 68.5 Å². The predicted octanol–water partition coefficient (Wildman–Crippen LogP) is 3.88. The number of allylic oxidation sites excluding steroid dienone is 1. The van der Waals surface area contributed by atoms with E-state index in [4.69, 9.17) is 9.15 Å². The summed E-state index contributed by atoms with van der Waals surface area (Å²) in [5, 5.41) is 3.78. The second kappa shape index (κ2) is 8.21. The minimum Gasteiger partial charge on any atom is -0.481 e. The van der Waals surface area contributed by atoms with Gasteiger partial charge in [0.1, 0.15) is 11.3 Å². The maximum Gasteiger partial charge on any atom is 0.336 e. The van der Waals surface area contributed by atoms with E-state index < -0.39 is 11.7 Å². The van der Waals surface area contributed by atoms with Gasteiger partial charge in [-0.05, 0) is 63.6 Å². The van der Waals surface area contributed by atoms with E-state index in [0.717, 1.165) is 30.2 Å². The highest BCUT2D eigenvalue weighted by Gasteiger charge is 2.15. The molecule has 1 N–H and O–H groups in total. The molecule has 0 saturated carbocycles. The molecule has 1 atom stereocenters. The quantitative estimate of drug-likeness (QED) is 0.631. The summed E-state index contributed by atoms with van der Waals surface area (Å²) in [4.78, 5) is 23.8. The average molecular weight is 355 g/mol. The number of carbonyl (C=O) groups is 1. The van der Waals surface area contributed by atoms with Crippen molar-refractivity contribution in [2.75, 3.05) is 6.54 Å². The molecular formula is C21H25NO4. The van der Waals surface area contributed by atoms with Crippen LogP contribution in [-0.4, -0.2) is 18.6 Å². The van der Waals surface area contributed by atoms with Gasteiger partial charge in [0.2, 0.25) is 0 Å². The van der Waals surface area contributed by atoms with Gasteiger partial charge in [0.05, 0.1) is 0 Å². The highest BCUT2D eigenvalue weighted by Crippen LogP contribution is 2.23. The van der Waals surface area contributed by atoms with Crippen LogP contribution >= 0.6 is 0 Å². The summed E-state index contributed by atoms with van der Waals surface area (Å²) in [6.07, 6.45) is 7.39. The Balaban J connectivity index is 1.57. The number of fused-ring (bicyclic) bond motifs is 1. The third-order valence-electron chi connectivity index (χ3n) is 4.74. The van der Waals surface area contributed by atoms with Crippen molar-refractivity contribution in [3.8, 4) is 5.75 Å². The van der Waals surface area contributed by atoms with Crippen molar-refractivity contribution in [1.82, 2.24) is 5.32 Å². The molecule has 138 valence electrons. The van der Waals surface area contributed by atoms with Gasteiger partial charge in [0, 0.05) is 24.1 Å². The number of carbonyl (C=O) groups excluding carboxylic acids is 1. The molecule has 3 rings (SSSR count). The Morgan fingerprint density at radius 3 is 2.92 bits per heavy atom. The average Bonchev–Trinajstić information content (AvgIpc) is 2.62. The van der Waals surface area contributed by atoms with E-state index >= 15 is 0 Å². The lowest BCUT2D eigenvalue weighted by Crippen LogP contribution is -2.37. The molecule has 0 saturated heterocycles. The summed E-state index contributed by atoms with van der Waals surface area (Å²) >= 11 is 0. The summed E-state index contributed by atoms with van der Waals surface area (Å²) in [5.41, 5.74) is 2.36. The van der Waals surface area contributed by atoms with E-state index in [-0.39, 0.29) is 5.91 Å². The molecule has 2 aromatic rings. The van der Waals surface area contributed by atoms with E-state index in [1.807, 2.05) is 13.0 Å². The van der Waals surface area contributed by atoms with E-state index in [0.29, 0.717) is 17.9 Å². The van der Waals surface area contributed by atoms with Crippen LogP contribution in [-0.2, 0) is 4.79 Å². The predicted molar refractivity (Wildman–Crippen MR) is 101 cm³/mol. The van der Waals surface area contributed by atoms with Gasteiger partial charge in [-0.25, -0.2) is 4.79 Å². The summed E-state index contributed by atoms with van der Waals surface area (Å²) in [7, 11) is 0. The summed E-state index contributed by atoms with van der Waals surface area (Å²) in [5.74, 6) is 0.357. The van der Waals surface area contributed by atoms with Crippen LogP contribution in [0.25, 0.3) is 11.0 Å². The van der Waals surface area contributed by atoms with Crippen molar-refractivity contribution in [2.24, 2.45) is 0 Å². The summed E-state index contributed by atoms with van der Waals surface area (Å²) < 4.78 is 10.9. The zero-order valence-electron chi connectivity index (χ0n) is 15.3. The Morgan fingerprint density at radius 2 is 2.15 bits per heavy atom. The lowest BCUT2D eigenvalue weighted by molar-refractivity contribution is -0.127. The fraction of sp³-hybridized carbons (Fsp3) is 0.429. The lowest BCUT2D eigenvalue weighted by atomic mass is 9.97. The Bertz CT molecular complexity index is 881. The number of aryl methyl sites for hydroxylation is 1. The van der Waals surface area contributed by atoms with Gasteiger partial charge in [-0.3, -0.25) is 4.79 Å². The second-order valence-corrected chi connectivity index (χ2v) is 6.82. The Morgan fingerprint density at radius 1 is 1.31 bits per heavy atom. The van der Waals surface area contributed by atoms with Gasteiger partial charge >= 0.3 is 5.63 Å². The normalized spacial score (nSPS) is 15.4. The highest BCUT2D eigenvalue weighted by atomic mass is 16.5. The zero-order chi connectivity index (χ0) is 18.5. The number of hydrogen-bond acceptors (Lipinski definition) is 4. The molecule has 5 nitrogen and oxygen atoms in total. The molecule has 5 heteroatoms. The van der Waals surface area contributed by atoms with Gasteiger partial charge < -0.3 is 14.5 Å². The minimum absolute atomic E-state index is 0.146. The smallest absolute Gasteiger partial charge is 0.336 e. The first-order valence-corrected chi connectivity index (χ1v) is 9.20. The molecule has 1 heterocycles. The molecular weight excluding hydrogens is 330 g/mol. The minimum atomic E-state index is -0.621. The fourth-order valence-corrected chi connectivity index (χ4v) is 3.26. The maximum atomic E-state index is 12.2. The number of hydrogen-bond donors (Lipinski definition) is 1. The van der Waals surface area contributed by atoms with Crippen molar-refractivity contribution in [2.45, 2.75) is 52.1 Å². The monoisotopic (exact) mass is 355 g/mol. The van der Waals surface area contributed by atoms with Gasteiger partial charge in [0.15, 0.2) is 6.10 Å². The van der Waals surface area contributed by atoms with Crippen LogP contribution in [0.1, 0.15) is 44.6 Å². The first-order valence-electron chi connectivity index (χ1n) is 9.20. The Kier molecular flexibility index (Phi) is 5.76. The van der Waals surface area contributed by atoms with Crippen LogP contribution in [0.15, 0.2) is 45.1 Å². The molecule has 1 aromatic carbocycles. The molecule has 0 fully saturated rings. The second-order valence-electron chi connectivity index (χ2n) is 6.82.